The molecule has 0 bridgehead atoms. The first-order valence-electron chi connectivity index (χ1n) is 7.32. The third-order valence-corrected chi connectivity index (χ3v) is 4.24. The van der Waals surface area contributed by atoms with Crippen LogP contribution >= 0.6 is 11.3 Å². The lowest BCUT2D eigenvalue weighted by molar-refractivity contribution is -0.117. The highest BCUT2D eigenvalue weighted by Gasteiger charge is 2.15. The molecule has 3 aromatic rings. The van der Waals surface area contributed by atoms with Crippen LogP contribution < -0.4 is 11.1 Å². The highest BCUT2D eigenvalue weighted by atomic mass is 32.1. The number of aryl methyl sites for hydroxylation is 1. The van der Waals surface area contributed by atoms with E-state index in [0.717, 1.165) is 11.3 Å². The van der Waals surface area contributed by atoms with Gasteiger partial charge in [0.15, 0.2) is 5.82 Å². The molecule has 1 atom stereocenters. The van der Waals surface area contributed by atoms with E-state index in [1.54, 1.807) is 22.1 Å². The molecule has 0 saturated carbocycles. The summed E-state index contributed by atoms with van der Waals surface area (Å²) in [5.41, 5.74) is 9.15. The number of nitrogens with one attached hydrogen (secondary N) is 1. The second-order valence-electron chi connectivity index (χ2n) is 5.41. The van der Waals surface area contributed by atoms with Crippen molar-refractivity contribution in [3.05, 3.63) is 64.5 Å². The van der Waals surface area contributed by atoms with Crippen LogP contribution in [-0.2, 0) is 11.2 Å². The zero-order valence-corrected chi connectivity index (χ0v) is 13.6. The second kappa shape index (κ2) is 6.76. The van der Waals surface area contributed by atoms with E-state index in [9.17, 15) is 4.79 Å². The number of anilines is 1. The standard InChI is InChI=1S/C17H18N4OS/c1-12-2-4-14(5-3-12)21-8-6-16(20-21)19-17(22)15(18)10-13-7-9-23-11-13/h2-9,11,15H,10,18H2,1H3,(H,19,20,22). The van der Waals surface area contributed by atoms with Gasteiger partial charge < -0.3 is 11.1 Å². The topological polar surface area (TPSA) is 72.9 Å². The van der Waals surface area contributed by atoms with Crippen LogP contribution in [0.15, 0.2) is 53.4 Å². The van der Waals surface area contributed by atoms with Gasteiger partial charge in [-0.3, -0.25) is 4.79 Å². The average molecular weight is 326 g/mol. The Kier molecular flexibility index (Phi) is 4.55. The summed E-state index contributed by atoms with van der Waals surface area (Å²) < 4.78 is 1.72. The van der Waals surface area contributed by atoms with Gasteiger partial charge in [-0.15, -0.1) is 0 Å². The van der Waals surface area contributed by atoms with E-state index >= 15 is 0 Å². The van der Waals surface area contributed by atoms with E-state index < -0.39 is 6.04 Å². The third-order valence-electron chi connectivity index (χ3n) is 3.51. The molecule has 0 spiro atoms. The van der Waals surface area contributed by atoms with Crippen molar-refractivity contribution in [3.8, 4) is 5.69 Å². The van der Waals surface area contributed by atoms with Gasteiger partial charge in [0, 0.05) is 12.3 Å². The van der Waals surface area contributed by atoms with Crippen LogP contribution in [0.3, 0.4) is 0 Å². The van der Waals surface area contributed by atoms with Crippen molar-refractivity contribution in [2.75, 3.05) is 5.32 Å². The molecule has 1 aromatic carbocycles. The minimum absolute atomic E-state index is 0.231. The van der Waals surface area contributed by atoms with Crippen molar-refractivity contribution in [1.29, 1.82) is 0 Å². The minimum atomic E-state index is -0.589. The van der Waals surface area contributed by atoms with Crippen molar-refractivity contribution in [3.63, 3.8) is 0 Å². The predicted octanol–water partition coefficient (Wildman–Crippen LogP) is 2.75. The first-order valence-corrected chi connectivity index (χ1v) is 8.26. The van der Waals surface area contributed by atoms with Crippen LogP contribution in [0.1, 0.15) is 11.1 Å². The van der Waals surface area contributed by atoms with Crippen molar-refractivity contribution in [2.45, 2.75) is 19.4 Å². The molecule has 6 heteroatoms. The van der Waals surface area contributed by atoms with Gasteiger partial charge >= 0.3 is 0 Å². The molecule has 3 N–H and O–H groups in total. The summed E-state index contributed by atoms with van der Waals surface area (Å²) in [6.45, 7) is 2.04. The number of amides is 1. The lowest BCUT2D eigenvalue weighted by atomic mass is 10.1. The van der Waals surface area contributed by atoms with Gasteiger partial charge in [-0.2, -0.15) is 16.4 Å². The van der Waals surface area contributed by atoms with Gasteiger partial charge in [0.25, 0.3) is 0 Å². The summed E-state index contributed by atoms with van der Waals surface area (Å²) in [7, 11) is 0. The Balaban J connectivity index is 1.64. The van der Waals surface area contributed by atoms with Crippen LogP contribution in [0, 0.1) is 6.92 Å². The number of benzene rings is 1. The zero-order chi connectivity index (χ0) is 16.2. The summed E-state index contributed by atoms with van der Waals surface area (Å²) in [4.78, 5) is 12.1. The second-order valence-corrected chi connectivity index (χ2v) is 6.19. The Morgan fingerprint density at radius 3 is 2.78 bits per heavy atom. The van der Waals surface area contributed by atoms with Gasteiger partial charge in [-0.1, -0.05) is 17.7 Å². The Hall–Kier alpha value is -2.44. The fourth-order valence-corrected chi connectivity index (χ4v) is 2.89. The number of hydrogen-bond donors (Lipinski definition) is 2. The van der Waals surface area contributed by atoms with Crippen molar-refractivity contribution < 1.29 is 4.79 Å². The summed E-state index contributed by atoms with van der Waals surface area (Å²) >= 11 is 1.60. The average Bonchev–Trinajstić information content (AvgIpc) is 3.20. The molecule has 0 fully saturated rings. The molecule has 0 saturated heterocycles. The van der Waals surface area contributed by atoms with E-state index in [1.807, 2.05) is 54.2 Å². The van der Waals surface area contributed by atoms with Crippen LogP contribution in [0.2, 0.25) is 0 Å². The van der Waals surface area contributed by atoms with Crippen LogP contribution in [0.5, 0.6) is 0 Å². The van der Waals surface area contributed by atoms with E-state index in [4.69, 9.17) is 5.73 Å². The van der Waals surface area contributed by atoms with Gasteiger partial charge in [0.05, 0.1) is 11.7 Å². The quantitative estimate of drug-likeness (QED) is 0.757. The molecule has 2 aromatic heterocycles. The smallest absolute Gasteiger partial charge is 0.242 e. The van der Waals surface area contributed by atoms with Gasteiger partial charge in [0.2, 0.25) is 5.91 Å². The first-order chi connectivity index (χ1) is 11.1. The van der Waals surface area contributed by atoms with Crippen LogP contribution in [0.4, 0.5) is 5.82 Å². The molecular formula is C17H18N4OS. The highest BCUT2D eigenvalue weighted by Crippen LogP contribution is 2.12. The largest absolute Gasteiger partial charge is 0.320 e. The fourth-order valence-electron chi connectivity index (χ4n) is 2.21. The lowest BCUT2D eigenvalue weighted by Gasteiger charge is -2.09. The molecule has 2 heterocycles. The number of nitrogens with zero attached hydrogens (tertiary/aromatic N) is 2. The molecular weight excluding hydrogens is 308 g/mol. The summed E-state index contributed by atoms with van der Waals surface area (Å²) in [5.74, 6) is 0.265. The molecule has 0 aliphatic rings. The van der Waals surface area contributed by atoms with E-state index in [1.165, 1.54) is 5.56 Å². The molecule has 23 heavy (non-hydrogen) atoms. The molecule has 3 rings (SSSR count). The fraction of sp³-hybridized carbons (Fsp3) is 0.176. The van der Waals surface area contributed by atoms with E-state index in [0.29, 0.717) is 12.2 Å². The predicted molar refractivity (Wildman–Crippen MR) is 92.9 cm³/mol. The third kappa shape index (κ3) is 3.85. The molecule has 5 nitrogen and oxygen atoms in total. The molecule has 0 aliphatic carbocycles. The van der Waals surface area contributed by atoms with Gasteiger partial charge in [-0.05, 0) is 47.9 Å². The van der Waals surface area contributed by atoms with E-state index in [2.05, 4.69) is 10.4 Å². The number of carbonyl (C=O) groups is 1. The highest BCUT2D eigenvalue weighted by molar-refractivity contribution is 7.07. The number of thiophene rings is 1. The monoisotopic (exact) mass is 326 g/mol. The zero-order valence-electron chi connectivity index (χ0n) is 12.8. The van der Waals surface area contributed by atoms with Crippen molar-refractivity contribution >= 4 is 23.1 Å². The van der Waals surface area contributed by atoms with Crippen LogP contribution in [0.25, 0.3) is 5.69 Å². The molecule has 1 amide bonds. The lowest BCUT2D eigenvalue weighted by Crippen LogP contribution is -2.37. The van der Waals surface area contributed by atoms with Crippen molar-refractivity contribution in [1.82, 2.24) is 9.78 Å². The number of nitrogens with two attached hydrogens (primary N) is 1. The van der Waals surface area contributed by atoms with Crippen LogP contribution in [-0.4, -0.2) is 21.7 Å². The number of carbonyl (C=O) groups excluding carboxylic acids is 1. The summed E-state index contributed by atoms with van der Waals surface area (Å²) in [5, 5.41) is 11.1. The maximum Gasteiger partial charge on any atom is 0.242 e. The molecule has 0 aliphatic heterocycles. The molecule has 118 valence electrons. The molecule has 0 radical (unpaired) electrons. The Morgan fingerprint density at radius 1 is 1.30 bits per heavy atom. The Morgan fingerprint density at radius 2 is 2.09 bits per heavy atom. The van der Waals surface area contributed by atoms with E-state index in [-0.39, 0.29) is 5.91 Å². The number of aromatic nitrogens is 2. The van der Waals surface area contributed by atoms with Gasteiger partial charge in [-0.25, -0.2) is 4.68 Å². The SMILES string of the molecule is Cc1ccc(-n2ccc(NC(=O)C(N)Cc3ccsc3)n2)cc1. The molecule has 1 unspecified atom stereocenters. The maximum absolute atomic E-state index is 12.1. The first kappa shape index (κ1) is 15.5. The Bertz CT molecular complexity index is 777. The van der Waals surface area contributed by atoms with Gasteiger partial charge in [0.1, 0.15) is 0 Å². The number of hydrogen-bond acceptors (Lipinski definition) is 4. The van der Waals surface area contributed by atoms with Crippen molar-refractivity contribution in [2.24, 2.45) is 5.73 Å². The summed E-state index contributed by atoms with van der Waals surface area (Å²) in [6.07, 6.45) is 2.33. The normalized spacial score (nSPS) is 12.1. The summed E-state index contributed by atoms with van der Waals surface area (Å²) in [6, 6.07) is 11.2. The maximum atomic E-state index is 12.1. The Labute approximate surface area is 138 Å². The minimum Gasteiger partial charge on any atom is -0.320 e. The number of rotatable bonds is 5.